The lowest BCUT2D eigenvalue weighted by Crippen LogP contribution is -2.14. The molecular formula is C16H17BrO4. The van der Waals surface area contributed by atoms with Crippen LogP contribution in [-0.4, -0.2) is 23.8 Å². The van der Waals surface area contributed by atoms with Gasteiger partial charge in [0.25, 0.3) is 0 Å². The minimum Gasteiger partial charge on any atom is -0.512 e. The predicted molar refractivity (Wildman–Crippen MR) is 83.4 cm³/mol. The van der Waals surface area contributed by atoms with Gasteiger partial charge in [0.1, 0.15) is 17.3 Å². The Morgan fingerprint density at radius 3 is 2.71 bits per heavy atom. The first-order valence-corrected chi connectivity index (χ1v) is 7.44. The fraction of sp³-hybridized carbons (Fsp3) is 0.375. The number of hydrogen-bond acceptors (Lipinski definition) is 4. The standard InChI is InChI=1S/C16H17BrO4/c1-8-4-11(17)7-13(21-3)14(8)15-12(19)6-10(16(15)20)5-9(2)18/h4,7,10,19H,5-6H2,1-3H3. The van der Waals surface area contributed by atoms with Gasteiger partial charge in [-0.2, -0.15) is 0 Å². The van der Waals surface area contributed by atoms with E-state index < -0.39 is 5.92 Å². The van der Waals surface area contributed by atoms with Crippen molar-refractivity contribution >= 4 is 33.1 Å². The molecule has 112 valence electrons. The summed E-state index contributed by atoms with van der Waals surface area (Å²) in [5, 5.41) is 10.2. The predicted octanol–water partition coefficient (Wildman–Crippen LogP) is 3.60. The van der Waals surface area contributed by atoms with Crippen molar-refractivity contribution in [3.05, 3.63) is 33.5 Å². The van der Waals surface area contributed by atoms with Gasteiger partial charge in [0, 0.05) is 28.8 Å². The van der Waals surface area contributed by atoms with Crippen LogP contribution < -0.4 is 4.74 Å². The van der Waals surface area contributed by atoms with Gasteiger partial charge in [-0.1, -0.05) is 15.9 Å². The fourth-order valence-corrected chi connectivity index (χ4v) is 3.30. The minimum absolute atomic E-state index is 0.0370. The lowest BCUT2D eigenvalue weighted by molar-refractivity contribution is -0.123. The van der Waals surface area contributed by atoms with Gasteiger partial charge in [0.15, 0.2) is 5.78 Å². The smallest absolute Gasteiger partial charge is 0.170 e. The van der Waals surface area contributed by atoms with Crippen molar-refractivity contribution in [2.24, 2.45) is 5.92 Å². The van der Waals surface area contributed by atoms with Gasteiger partial charge in [-0.3, -0.25) is 4.79 Å². The number of hydrogen-bond donors (Lipinski definition) is 1. The summed E-state index contributed by atoms with van der Waals surface area (Å²) in [6.45, 7) is 3.31. The van der Waals surface area contributed by atoms with Crippen LogP contribution in [0.15, 0.2) is 22.4 Å². The summed E-state index contributed by atoms with van der Waals surface area (Å²) >= 11 is 3.38. The number of aliphatic hydroxyl groups excluding tert-OH is 1. The molecule has 0 spiro atoms. The second-order valence-corrected chi connectivity index (χ2v) is 6.21. The van der Waals surface area contributed by atoms with E-state index in [4.69, 9.17) is 4.74 Å². The van der Waals surface area contributed by atoms with Crippen LogP contribution in [0.3, 0.4) is 0 Å². The van der Waals surface area contributed by atoms with E-state index >= 15 is 0 Å². The number of benzene rings is 1. The Labute approximate surface area is 131 Å². The molecule has 0 radical (unpaired) electrons. The summed E-state index contributed by atoms with van der Waals surface area (Å²) in [6, 6.07) is 3.62. The second-order valence-electron chi connectivity index (χ2n) is 5.29. The zero-order chi connectivity index (χ0) is 15.7. The molecule has 5 heteroatoms. The number of ketones is 2. The minimum atomic E-state index is -0.467. The molecule has 0 saturated heterocycles. The van der Waals surface area contributed by atoms with Crippen molar-refractivity contribution in [1.82, 2.24) is 0 Å². The van der Waals surface area contributed by atoms with Crippen LogP contribution in [0.4, 0.5) is 0 Å². The third kappa shape index (κ3) is 3.02. The van der Waals surface area contributed by atoms with Crippen molar-refractivity contribution in [3.8, 4) is 5.75 Å². The maximum Gasteiger partial charge on any atom is 0.170 e. The number of carbonyl (C=O) groups is 2. The summed E-state index contributed by atoms with van der Waals surface area (Å²) in [6.07, 6.45) is 0.372. The van der Waals surface area contributed by atoms with Gasteiger partial charge in [0.05, 0.1) is 12.7 Å². The molecule has 0 heterocycles. The summed E-state index contributed by atoms with van der Waals surface area (Å²) in [7, 11) is 1.52. The van der Waals surface area contributed by atoms with Gasteiger partial charge in [-0.15, -0.1) is 0 Å². The lowest BCUT2D eigenvalue weighted by Gasteiger charge is -2.14. The van der Waals surface area contributed by atoms with Crippen LogP contribution in [0.25, 0.3) is 5.57 Å². The molecule has 1 atom stereocenters. The van der Waals surface area contributed by atoms with E-state index in [9.17, 15) is 14.7 Å². The van der Waals surface area contributed by atoms with E-state index in [1.807, 2.05) is 13.0 Å². The molecule has 0 saturated carbocycles. The lowest BCUT2D eigenvalue weighted by atomic mass is 9.93. The molecule has 0 aliphatic heterocycles. The monoisotopic (exact) mass is 352 g/mol. The van der Waals surface area contributed by atoms with Crippen molar-refractivity contribution in [1.29, 1.82) is 0 Å². The zero-order valence-corrected chi connectivity index (χ0v) is 13.8. The normalized spacial score (nSPS) is 18.3. The molecule has 2 rings (SSSR count). The van der Waals surface area contributed by atoms with Crippen LogP contribution in [-0.2, 0) is 9.59 Å². The molecule has 0 fully saturated rings. The fourth-order valence-electron chi connectivity index (χ4n) is 2.75. The maximum atomic E-state index is 12.5. The number of methoxy groups -OCH3 is 1. The molecule has 1 unspecified atom stereocenters. The number of halogens is 1. The molecule has 0 bridgehead atoms. The Kier molecular flexibility index (Phi) is 4.52. The summed E-state index contributed by atoms with van der Waals surface area (Å²) in [5.41, 5.74) is 1.72. The van der Waals surface area contributed by atoms with Crippen LogP contribution in [0.1, 0.15) is 30.9 Å². The summed E-state index contributed by atoms with van der Waals surface area (Å²) < 4.78 is 6.18. The molecule has 0 amide bonds. The van der Waals surface area contributed by atoms with E-state index in [-0.39, 0.29) is 35.7 Å². The van der Waals surface area contributed by atoms with Crippen LogP contribution in [0.5, 0.6) is 5.75 Å². The van der Waals surface area contributed by atoms with Gasteiger partial charge >= 0.3 is 0 Å². The number of rotatable bonds is 4. The molecule has 21 heavy (non-hydrogen) atoms. The third-order valence-electron chi connectivity index (χ3n) is 3.61. The highest BCUT2D eigenvalue weighted by Gasteiger charge is 2.36. The molecule has 1 aliphatic rings. The van der Waals surface area contributed by atoms with E-state index in [1.54, 1.807) is 6.07 Å². The highest BCUT2D eigenvalue weighted by Crippen LogP contribution is 2.41. The van der Waals surface area contributed by atoms with Gasteiger partial charge in [-0.05, 0) is 31.5 Å². The van der Waals surface area contributed by atoms with Crippen molar-refractivity contribution < 1.29 is 19.4 Å². The Bertz CT molecular complexity index is 646. The number of Topliss-reactive ketones (excluding diaryl/α,β-unsaturated/α-hetero) is 2. The van der Waals surface area contributed by atoms with Crippen LogP contribution in [0, 0.1) is 12.8 Å². The number of aryl methyl sites for hydroxylation is 1. The molecular weight excluding hydrogens is 336 g/mol. The number of ether oxygens (including phenoxy) is 1. The Morgan fingerprint density at radius 2 is 2.14 bits per heavy atom. The quantitative estimate of drug-likeness (QED) is 0.898. The average molecular weight is 353 g/mol. The molecule has 4 nitrogen and oxygen atoms in total. The van der Waals surface area contributed by atoms with Crippen molar-refractivity contribution in [2.45, 2.75) is 26.7 Å². The Balaban J connectivity index is 2.50. The SMILES string of the molecule is COc1cc(Br)cc(C)c1C1=C(O)CC(CC(C)=O)C1=O. The van der Waals surface area contributed by atoms with E-state index in [1.165, 1.54) is 14.0 Å². The van der Waals surface area contributed by atoms with Crippen molar-refractivity contribution in [3.63, 3.8) is 0 Å². The molecule has 1 aliphatic carbocycles. The van der Waals surface area contributed by atoms with Gasteiger partial charge < -0.3 is 14.6 Å². The highest BCUT2D eigenvalue weighted by atomic mass is 79.9. The maximum absolute atomic E-state index is 12.5. The highest BCUT2D eigenvalue weighted by molar-refractivity contribution is 9.10. The average Bonchev–Trinajstić information content (AvgIpc) is 2.64. The third-order valence-corrected chi connectivity index (χ3v) is 4.07. The first-order valence-electron chi connectivity index (χ1n) is 6.65. The van der Waals surface area contributed by atoms with E-state index in [0.29, 0.717) is 11.3 Å². The second kappa shape index (κ2) is 6.02. The summed E-state index contributed by atoms with van der Waals surface area (Å²) in [4.78, 5) is 23.8. The number of aliphatic hydroxyl groups is 1. The zero-order valence-electron chi connectivity index (χ0n) is 12.2. The van der Waals surface area contributed by atoms with Crippen LogP contribution in [0.2, 0.25) is 0 Å². The molecule has 0 aromatic heterocycles. The van der Waals surface area contributed by atoms with Crippen LogP contribution >= 0.6 is 15.9 Å². The number of carbonyl (C=O) groups excluding carboxylic acids is 2. The first kappa shape index (κ1) is 15.8. The summed E-state index contributed by atoms with van der Waals surface area (Å²) in [5.74, 6) is -0.145. The molecule has 1 N–H and O–H groups in total. The van der Waals surface area contributed by atoms with Crippen molar-refractivity contribution in [2.75, 3.05) is 7.11 Å². The van der Waals surface area contributed by atoms with Gasteiger partial charge in [0.2, 0.25) is 0 Å². The molecule has 1 aromatic carbocycles. The topological polar surface area (TPSA) is 63.6 Å². The van der Waals surface area contributed by atoms with E-state index in [0.717, 1.165) is 10.0 Å². The molecule has 1 aromatic rings. The Morgan fingerprint density at radius 1 is 1.48 bits per heavy atom. The Hall–Kier alpha value is -1.62. The number of allylic oxidation sites excluding steroid dienone is 2. The first-order chi connectivity index (χ1) is 9.85. The van der Waals surface area contributed by atoms with E-state index in [2.05, 4.69) is 15.9 Å². The largest absolute Gasteiger partial charge is 0.512 e. The van der Waals surface area contributed by atoms with Gasteiger partial charge in [-0.25, -0.2) is 0 Å².